The molecule has 4 heteroatoms. The molecule has 1 N–H and O–H groups in total. The number of nitrogens with zero attached hydrogens (tertiary/aromatic N) is 1. The molecule has 1 aromatic rings. The van der Waals surface area contributed by atoms with E-state index in [2.05, 4.69) is 27.3 Å². The van der Waals surface area contributed by atoms with Crippen molar-refractivity contribution in [3.63, 3.8) is 0 Å². The smallest absolute Gasteiger partial charge is 0.101 e. The van der Waals surface area contributed by atoms with Gasteiger partial charge in [-0.05, 0) is 32.0 Å². The fraction of sp³-hybridized carbons (Fsp3) is 0.417. The average molecular weight is 283 g/mol. The molecule has 0 saturated heterocycles. The topological polar surface area (TPSA) is 45.0 Å². The lowest BCUT2D eigenvalue weighted by molar-refractivity contribution is 0.0870. The van der Waals surface area contributed by atoms with Gasteiger partial charge < -0.3 is 10.1 Å². The Labute approximate surface area is 105 Å². The van der Waals surface area contributed by atoms with Crippen molar-refractivity contribution in [1.29, 1.82) is 5.26 Å². The number of hydrogen-bond acceptors (Lipinski definition) is 3. The number of halogens is 1. The molecule has 0 spiro atoms. The Bertz CT molecular complexity index is 385. The largest absolute Gasteiger partial charge is 0.382 e. The van der Waals surface area contributed by atoms with Crippen LogP contribution in [-0.2, 0) is 4.74 Å². The van der Waals surface area contributed by atoms with E-state index >= 15 is 0 Å². The maximum Gasteiger partial charge on any atom is 0.101 e. The van der Waals surface area contributed by atoms with Gasteiger partial charge in [-0.25, -0.2) is 0 Å². The number of nitriles is 1. The van der Waals surface area contributed by atoms with Crippen LogP contribution in [0.2, 0.25) is 0 Å². The van der Waals surface area contributed by atoms with Crippen molar-refractivity contribution in [3.8, 4) is 6.07 Å². The molecule has 3 nitrogen and oxygen atoms in total. The fourth-order valence-corrected chi connectivity index (χ4v) is 1.60. The Hall–Kier alpha value is -1.05. The molecule has 0 saturated carbocycles. The van der Waals surface area contributed by atoms with E-state index < -0.39 is 0 Å². The first-order valence-corrected chi connectivity index (χ1v) is 5.98. The van der Waals surface area contributed by atoms with Crippen LogP contribution < -0.4 is 5.32 Å². The first-order valence-electron chi connectivity index (χ1n) is 5.18. The molecule has 0 aliphatic heterocycles. The third kappa shape index (κ3) is 4.21. The zero-order valence-electron chi connectivity index (χ0n) is 9.46. The van der Waals surface area contributed by atoms with Crippen molar-refractivity contribution < 1.29 is 4.74 Å². The Kier molecular flexibility index (Phi) is 5.30. The van der Waals surface area contributed by atoms with Crippen molar-refractivity contribution in [2.45, 2.75) is 20.0 Å². The predicted molar refractivity (Wildman–Crippen MR) is 68.4 cm³/mol. The molecular formula is C12H15BrN2O. The SMILES string of the molecule is CC(C)OCCNc1ccc(Br)cc1C#N. The third-order valence-corrected chi connectivity index (χ3v) is 2.46. The van der Waals surface area contributed by atoms with Gasteiger partial charge in [-0.2, -0.15) is 5.26 Å². The van der Waals surface area contributed by atoms with Crippen LogP contribution in [0.4, 0.5) is 5.69 Å². The summed E-state index contributed by atoms with van der Waals surface area (Å²) in [6.07, 6.45) is 0.238. The highest BCUT2D eigenvalue weighted by Gasteiger charge is 2.01. The van der Waals surface area contributed by atoms with E-state index in [4.69, 9.17) is 10.00 Å². The van der Waals surface area contributed by atoms with E-state index in [1.54, 1.807) is 6.07 Å². The zero-order valence-corrected chi connectivity index (χ0v) is 11.0. The summed E-state index contributed by atoms with van der Waals surface area (Å²) in [6, 6.07) is 7.75. The molecule has 0 unspecified atom stereocenters. The highest BCUT2D eigenvalue weighted by Crippen LogP contribution is 2.19. The predicted octanol–water partition coefficient (Wildman–Crippen LogP) is 3.16. The first kappa shape index (κ1) is 13.0. The molecule has 1 rings (SSSR count). The quantitative estimate of drug-likeness (QED) is 0.844. The van der Waals surface area contributed by atoms with Gasteiger partial charge in [0.05, 0.1) is 24.0 Å². The van der Waals surface area contributed by atoms with Crippen LogP contribution in [0, 0.1) is 11.3 Å². The minimum atomic E-state index is 0.238. The van der Waals surface area contributed by atoms with E-state index in [1.807, 2.05) is 26.0 Å². The normalized spacial score (nSPS) is 10.2. The van der Waals surface area contributed by atoms with E-state index in [-0.39, 0.29) is 6.10 Å². The minimum Gasteiger partial charge on any atom is -0.382 e. The average Bonchev–Trinajstić information content (AvgIpc) is 2.25. The molecule has 0 aromatic heterocycles. The van der Waals surface area contributed by atoms with Crippen LogP contribution in [-0.4, -0.2) is 19.3 Å². The van der Waals surface area contributed by atoms with E-state index in [1.165, 1.54) is 0 Å². The summed E-state index contributed by atoms with van der Waals surface area (Å²) in [5.41, 5.74) is 1.48. The summed E-state index contributed by atoms with van der Waals surface area (Å²) in [6.45, 7) is 5.34. The van der Waals surface area contributed by atoms with Gasteiger partial charge in [-0.15, -0.1) is 0 Å². The number of rotatable bonds is 5. The number of benzene rings is 1. The molecular weight excluding hydrogens is 268 g/mol. The molecule has 0 amide bonds. The third-order valence-electron chi connectivity index (χ3n) is 1.97. The lowest BCUT2D eigenvalue weighted by Crippen LogP contribution is -2.13. The highest BCUT2D eigenvalue weighted by molar-refractivity contribution is 9.10. The van der Waals surface area contributed by atoms with E-state index in [0.29, 0.717) is 18.7 Å². The van der Waals surface area contributed by atoms with Gasteiger partial charge in [0.1, 0.15) is 6.07 Å². The second kappa shape index (κ2) is 6.51. The highest BCUT2D eigenvalue weighted by atomic mass is 79.9. The molecule has 1 aromatic carbocycles. The first-order chi connectivity index (χ1) is 7.63. The molecule has 0 aliphatic rings. The van der Waals surface area contributed by atoms with Crippen LogP contribution in [0.25, 0.3) is 0 Å². The summed E-state index contributed by atoms with van der Waals surface area (Å²) in [7, 11) is 0. The molecule has 0 atom stereocenters. The molecule has 86 valence electrons. The van der Waals surface area contributed by atoms with Gasteiger partial charge in [0.15, 0.2) is 0 Å². The summed E-state index contributed by atoms with van der Waals surface area (Å²) in [5.74, 6) is 0. The van der Waals surface area contributed by atoms with Crippen LogP contribution in [0.5, 0.6) is 0 Å². The molecule has 16 heavy (non-hydrogen) atoms. The minimum absolute atomic E-state index is 0.238. The van der Waals surface area contributed by atoms with E-state index in [9.17, 15) is 0 Å². The zero-order chi connectivity index (χ0) is 12.0. The number of nitrogens with one attached hydrogen (secondary N) is 1. The number of hydrogen-bond donors (Lipinski definition) is 1. The summed E-state index contributed by atoms with van der Waals surface area (Å²) < 4.78 is 6.32. The Morgan fingerprint density at radius 1 is 1.50 bits per heavy atom. The fourth-order valence-electron chi connectivity index (χ4n) is 1.24. The van der Waals surface area contributed by atoms with Crippen molar-refractivity contribution in [2.75, 3.05) is 18.5 Å². The lowest BCUT2D eigenvalue weighted by Gasteiger charge is -2.10. The monoisotopic (exact) mass is 282 g/mol. The molecule has 0 bridgehead atoms. The second-order valence-electron chi connectivity index (χ2n) is 3.65. The maximum absolute atomic E-state index is 8.95. The summed E-state index contributed by atoms with van der Waals surface area (Å²) >= 11 is 3.33. The van der Waals surface area contributed by atoms with Crippen molar-refractivity contribution in [3.05, 3.63) is 28.2 Å². The van der Waals surface area contributed by atoms with Gasteiger partial charge in [0.25, 0.3) is 0 Å². The molecule has 0 aliphatic carbocycles. The number of ether oxygens (including phenoxy) is 1. The van der Waals surface area contributed by atoms with Crippen LogP contribution in [0.1, 0.15) is 19.4 Å². The van der Waals surface area contributed by atoms with Gasteiger partial charge in [0, 0.05) is 11.0 Å². The maximum atomic E-state index is 8.95. The van der Waals surface area contributed by atoms with Gasteiger partial charge >= 0.3 is 0 Å². The summed E-state index contributed by atoms with van der Waals surface area (Å²) in [4.78, 5) is 0. The van der Waals surface area contributed by atoms with Crippen LogP contribution in [0.15, 0.2) is 22.7 Å². The van der Waals surface area contributed by atoms with Gasteiger partial charge in [0.2, 0.25) is 0 Å². The van der Waals surface area contributed by atoms with Crippen molar-refractivity contribution in [1.82, 2.24) is 0 Å². The van der Waals surface area contributed by atoms with Crippen molar-refractivity contribution in [2.24, 2.45) is 0 Å². The molecule has 0 fully saturated rings. The molecule has 0 radical (unpaired) electrons. The Balaban J connectivity index is 2.51. The van der Waals surface area contributed by atoms with Crippen LogP contribution in [0.3, 0.4) is 0 Å². The van der Waals surface area contributed by atoms with Gasteiger partial charge in [-0.1, -0.05) is 15.9 Å². The lowest BCUT2D eigenvalue weighted by atomic mass is 10.2. The van der Waals surface area contributed by atoms with E-state index in [0.717, 1.165) is 10.2 Å². The standard InChI is InChI=1S/C12H15BrN2O/c1-9(2)16-6-5-15-12-4-3-11(13)7-10(12)8-14/h3-4,7,9,15H,5-6H2,1-2H3. The number of anilines is 1. The van der Waals surface area contributed by atoms with Crippen LogP contribution >= 0.6 is 15.9 Å². The Morgan fingerprint density at radius 2 is 2.25 bits per heavy atom. The van der Waals surface area contributed by atoms with Gasteiger partial charge in [-0.3, -0.25) is 0 Å². The Morgan fingerprint density at radius 3 is 2.88 bits per heavy atom. The van der Waals surface area contributed by atoms with Crippen molar-refractivity contribution >= 4 is 21.6 Å². The summed E-state index contributed by atoms with van der Waals surface area (Å²) in [5, 5.41) is 12.1. The second-order valence-corrected chi connectivity index (χ2v) is 4.56. The molecule has 0 heterocycles.